The monoisotopic (exact) mass is 1110 g/mol. The van der Waals surface area contributed by atoms with Gasteiger partial charge in [0.15, 0.2) is 6.10 Å². The smallest absolute Gasteiger partial charge is 0.306 e. The van der Waals surface area contributed by atoms with Crippen molar-refractivity contribution in [1.82, 2.24) is 0 Å². The summed E-state index contributed by atoms with van der Waals surface area (Å²) in [7, 11) is 0. The molecule has 0 aliphatic carbocycles. The summed E-state index contributed by atoms with van der Waals surface area (Å²) in [4.78, 5) is 38.4. The van der Waals surface area contributed by atoms with E-state index in [0.29, 0.717) is 19.3 Å². The van der Waals surface area contributed by atoms with Crippen molar-refractivity contribution in [2.45, 2.75) is 329 Å². The molecule has 80 heavy (non-hydrogen) atoms. The van der Waals surface area contributed by atoms with Gasteiger partial charge in [0.05, 0.1) is 0 Å². The van der Waals surface area contributed by atoms with Gasteiger partial charge in [-0.25, -0.2) is 0 Å². The molecular weight excluding hydrogens is 985 g/mol. The number of carbonyl (C=O) groups excluding carboxylic acids is 3. The number of ether oxygens (including phenoxy) is 3. The Bertz CT molecular complexity index is 1610. The molecule has 0 rings (SSSR count). The van der Waals surface area contributed by atoms with Crippen LogP contribution in [-0.2, 0) is 28.6 Å². The summed E-state index contributed by atoms with van der Waals surface area (Å²) < 4.78 is 16.9. The summed E-state index contributed by atoms with van der Waals surface area (Å²) in [6.45, 7) is 6.42. The second-order valence-electron chi connectivity index (χ2n) is 22.3. The van der Waals surface area contributed by atoms with Crippen LogP contribution in [0.15, 0.2) is 109 Å². The van der Waals surface area contributed by atoms with Crippen LogP contribution in [0.5, 0.6) is 0 Å². The maximum atomic E-state index is 12.9. The third-order valence-electron chi connectivity index (χ3n) is 14.5. The average Bonchev–Trinajstić information content (AvgIpc) is 3.46. The molecule has 1 unspecified atom stereocenters. The minimum absolute atomic E-state index is 0.0845. The van der Waals surface area contributed by atoms with Gasteiger partial charge in [-0.2, -0.15) is 0 Å². The fourth-order valence-corrected chi connectivity index (χ4v) is 9.52. The summed E-state index contributed by atoms with van der Waals surface area (Å²) in [6.07, 6.45) is 92.5. The van der Waals surface area contributed by atoms with Gasteiger partial charge < -0.3 is 14.2 Å². The number of esters is 3. The Morgan fingerprint density at radius 3 is 0.762 bits per heavy atom. The standard InChI is InChI=1S/C74H126O6/c1-4-7-10-13-16-19-22-25-28-30-31-32-33-34-35-36-37-38-39-40-41-42-43-45-46-49-52-55-58-61-64-67-73(76)79-70-71(69-78-72(75)66-63-60-57-54-51-48-27-24-21-18-15-12-9-6-3)80-74(77)68-65-62-59-56-53-50-47-44-29-26-23-20-17-14-11-8-5-2/h7-8,10-11,16-17,19-20,25-26,28-29,31-32,34-35,47,50,71H,4-6,9,12-15,18,21-24,27,30,33,36-46,48-49,51-70H2,1-3H3/b10-7-,11-8-,19-16-,20-17-,28-25-,29-26-,32-31-,35-34-,50-47-. The number of unbranched alkanes of at least 4 members (excludes halogenated alkanes) is 32. The quantitative estimate of drug-likeness (QED) is 0.0261. The fourth-order valence-electron chi connectivity index (χ4n) is 9.52. The Morgan fingerprint density at radius 2 is 0.487 bits per heavy atom. The Balaban J connectivity index is 4.25. The molecule has 0 aliphatic heterocycles. The fraction of sp³-hybridized carbons (Fsp3) is 0.716. The van der Waals surface area contributed by atoms with E-state index in [1.807, 2.05) is 0 Å². The van der Waals surface area contributed by atoms with Crippen molar-refractivity contribution in [2.24, 2.45) is 0 Å². The Morgan fingerprint density at radius 1 is 0.263 bits per heavy atom. The predicted molar refractivity (Wildman–Crippen MR) is 348 cm³/mol. The van der Waals surface area contributed by atoms with Crippen molar-refractivity contribution in [1.29, 1.82) is 0 Å². The summed E-state index contributed by atoms with van der Waals surface area (Å²) in [5.41, 5.74) is 0. The van der Waals surface area contributed by atoms with E-state index < -0.39 is 6.10 Å². The van der Waals surface area contributed by atoms with Gasteiger partial charge in [0.25, 0.3) is 0 Å². The van der Waals surface area contributed by atoms with Crippen LogP contribution in [0.1, 0.15) is 323 Å². The second-order valence-corrected chi connectivity index (χ2v) is 22.3. The van der Waals surface area contributed by atoms with Crippen LogP contribution in [0, 0.1) is 0 Å². The first kappa shape index (κ1) is 76.1. The Labute approximate surface area is 495 Å². The number of rotatable bonds is 61. The molecule has 6 heteroatoms. The van der Waals surface area contributed by atoms with Gasteiger partial charge in [-0.1, -0.05) is 310 Å². The van der Waals surface area contributed by atoms with Crippen LogP contribution in [0.2, 0.25) is 0 Å². The maximum absolute atomic E-state index is 12.9. The van der Waals surface area contributed by atoms with Gasteiger partial charge >= 0.3 is 17.9 Å². The van der Waals surface area contributed by atoms with E-state index in [4.69, 9.17) is 14.2 Å². The van der Waals surface area contributed by atoms with E-state index in [2.05, 4.69) is 130 Å². The molecule has 0 spiro atoms. The van der Waals surface area contributed by atoms with E-state index in [9.17, 15) is 14.4 Å². The molecule has 6 nitrogen and oxygen atoms in total. The van der Waals surface area contributed by atoms with Gasteiger partial charge in [0, 0.05) is 19.3 Å². The minimum atomic E-state index is -0.791. The lowest BCUT2D eigenvalue weighted by atomic mass is 10.0. The number of allylic oxidation sites excluding steroid dienone is 18. The van der Waals surface area contributed by atoms with E-state index in [-0.39, 0.29) is 31.1 Å². The van der Waals surface area contributed by atoms with Gasteiger partial charge in [-0.05, 0) is 103 Å². The van der Waals surface area contributed by atoms with E-state index >= 15 is 0 Å². The van der Waals surface area contributed by atoms with Crippen LogP contribution < -0.4 is 0 Å². The second kappa shape index (κ2) is 67.6. The van der Waals surface area contributed by atoms with Crippen LogP contribution in [0.3, 0.4) is 0 Å². The predicted octanol–water partition coefficient (Wildman–Crippen LogP) is 23.4. The number of carbonyl (C=O) groups is 3. The zero-order chi connectivity index (χ0) is 57.8. The van der Waals surface area contributed by atoms with Gasteiger partial charge in [-0.15, -0.1) is 0 Å². The minimum Gasteiger partial charge on any atom is -0.462 e. The maximum Gasteiger partial charge on any atom is 0.306 e. The largest absolute Gasteiger partial charge is 0.462 e. The summed E-state index contributed by atoms with van der Waals surface area (Å²) in [6, 6.07) is 0. The van der Waals surface area contributed by atoms with Crippen LogP contribution >= 0.6 is 0 Å². The first-order valence-electron chi connectivity index (χ1n) is 33.9. The summed E-state index contributed by atoms with van der Waals surface area (Å²) in [5, 5.41) is 0. The molecule has 0 aromatic carbocycles. The van der Waals surface area contributed by atoms with Crippen molar-refractivity contribution in [3.05, 3.63) is 109 Å². The highest BCUT2D eigenvalue weighted by molar-refractivity contribution is 5.71. The van der Waals surface area contributed by atoms with Crippen molar-refractivity contribution in [3.8, 4) is 0 Å². The van der Waals surface area contributed by atoms with E-state index in [0.717, 1.165) is 128 Å². The Kier molecular flexibility index (Phi) is 64.3. The van der Waals surface area contributed by atoms with Gasteiger partial charge in [0.2, 0.25) is 0 Å². The van der Waals surface area contributed by atoms with Gasteiger partial charge in [0.1, 0.15) is 13.2 Å². The molecular formula is C74H126O6. The third-order valence-corrected chi connectivity index (χ3v) is 14.5. The molecule has 0 bridgehead atoms. The van der Waals surface area contributed by atoms with Gasteiger partial charge in [-0.3, -0.25) is 14.4 Å². The molecule has 0 aromatic heterocycles. The molecule has 0 fully saturated rings. The first-order valence-corrected chi connectivity index (χ1v) is 33.9. The lowest BCUT2D eigenvalue weighted by Gasteiger charge is -2.18. The molecule has 1 atom stereocenters. The molecule has 0 aromatic rings. The molecule has 458 valence electrons. The van der Waals surface area contributed by atoms with E-state index in [1.54, 1.807) is 0 Å². The van der Waals surface area contributed by atoms with Crippen LogP contribution in [0.4, 0.5) is 0 Å². The molecule has 0 aliphatic rings. The zero-order valence-corrected chi connectivity index (χ0v) is 52.6. The lowest BCUT2D eigenvalue weighted by molar-refractivity contribution is -0.167. The molecule has 0 saturated heterocycles. The molecule has 0 saturated carbocycles. The van der Waals surface area contributed by atoms with E-state index in [1.165, 1.54) is 154 Å². The zero-order valence-electron chi connectivity index (χ0n) is 52.6. The Hall–Kier alpha value is -3.93. The topological polar surface area (TPSA) is 78.9 Å². The number of hydrogen-bond donors (Lipinski definition) is 0. The highest BCUT2D eigenvalue weighted by atomic mass is 16.6. The molecule has 0 amide bonds. The summed E-state index contributed by atoms with van der Waals surface area (Å²) in [5.74, 6) is -0.896. The van der Waals surface area contributed by atoms with Crippen molar-refractivity contribution < 1.29 is 28.6 Å². The number of hydrogen-bond acceptors (Lipinski definition) is 6. The lowest BCUT2D eigenvalue weighted by Crippen LogP contribution is -2.30. The highest BCUT2D eigenvalue weighted by Crippen LogP contribution is 2.17. The van der Waals surface area contributed by atoms with Crippen LogP contribution in [0.25, 0.3) is 0 Å². The van der Waals surface area contributed by atoms with Crippen molar-refractivity contribution in [3.63, 3.8) is 0 Å². The van der Waals surface area contributed by atoms with Crippen molar-refractivity contribution in [2.75, 3.05) is 13.2 Å². The van der Waals surface area contributed by atoms with Crippen molar-refractivity contribution >= 4 is 17.9 Å². The molecule has 0 heterocycles. The SMILES string of the molecule is CC/C=C\C/C=C\C/C=C\C/C=C\C/C=C\CCCCCCCCCCCCCCCCCC(=O)OCC(COC(=O)CCCCCCCCCCCCCCCC)OC(=O)CCCCCC/C=C\C/C=C\C/C=C\C/C=C\CC. The average molecular weight is 1110 g/mol. The highest BCUT2D eigenvalue weighted by Gasteiger charge is 2.19. The third kappa shape index (κ3) is 64.9. The molecule has 0 radical (unpaired) electrons. The molecule has 0 N–H and O–H groups in total. The van der Waals surface area contributed by atoms with Crippen LogP contribution in [-0.4, -0.2) is 37.2 Å². The summed E-state index contributed by atoms with van der Waals surface area (Å²) >= 11 is 0. The normalized spacial score (nSPS) is 12.8. The first-order chi connectivity index (χ1) is 39.5.